The van der Waals surface area contributed by atoms with Crippen molar-refractivity contribution in [2.45, 2.75) is 38.6 Å². The van der Waals surface area contributed by atoms with Gasteiger partial charge >= 0.3 is 0 Å². The van der Waals surface area contributed by atoms with Crippen LogP contribution in [0.25, 0.3) is 0 Å². The van der Waals surface area contributed by atoms with Crippen LogP contribution < -0.4 is 5.32 Å². The summed E-state index contributed by atoms with van der Waals surface area (Å²) in [6.07, 6.45) is 4.85. The van der Waals surface area contributed by atoms with Crippen LogP contribution in [0, 0.1) is 0 Å². The number of phenols is 1. The highest BCUT2D eigenvalue weighted by Gasteiger charge is 2.23. The van der Waals surface area contributed by atoms with E-state index in [0.29, 0.717) is 11.8 Å². The number of benzene rings is 1. The smallest absolute Gasteiger partial charge is 0.121 e. The molecule has 1 heterocycles. The van der Waals surface area contributed by atoms with E-state index in [1.54, 1.807) is 0 Å². The molecule has 1 fully saturated rings. The van der Waals surface area contributed by atoms with Crippen molar-refractivity contribution < 1.29 is 5.11 Å². The largest absolute Gasteiger partial charge is 0.508 e. The molecule has 0 unspecified atom stereocenters. The van der Waals surface area contributed by atoms with Gasteiger partial charge in [-0.1, -0.05) is 48.2 Å². The van der Waals surface area contributed by atoms with Crippen molar-refractivity contribution in [3.8, 4) is 5.75 Å². The Bertz CT molecular complexity index is 429. The molecule has 3 nitrogen and oxygen atoms in total. The van der Waals surface area contributed by atoms with Crippen LogP contribution in [0.5, 0.6) is 5.75 Å². The summed E-state index contributed by atoms with van der Waals surface area (Å²) in [5.41, 5.74) is 1.08. The Labute approximate surface area is 154 Å². The zero-order chi connectivity index (χ0) is 14.4. The molecule has 2 N–H and O–H groups in total. The van der Waals surface area contributed by atoms with Crippen LogP contribution in [0.1, 0.15) is 44.2 Å². The molecule has 1 saturated heterocycles. The fourth-order valence-corrected chi connectivity index (χ4v) is 3.26. The van der Waals surface area contributed by atoms with E-state index in [1.807, 2.05) is 12.1 Å². The summed E-state index contributed by atoms with van der Waals surface area (Å²) in [4.78, 5) is 2.51. The number of halogens is 3. The van der Waals surface area contributed by atoms with Crippen LogP contribution >= 0.6 is 40.7 Å². The van der Waals surface area contributed by atoms with E-state index >= 15 is 0 Å². The number of unbranched alkanes of at least 4 members (excludes halogenated alkanes) is 2. The minimum absolute atomic E-state index is 0. The molecule has 22 heavy (non-hydrogen) atoms. The van der Waals surface area contributed by atoms with Gasteiger partial charge in [-0.3, -0.25) is 4.90 Å². The summed E-state index contributed by atoms with van der Waals surface area (Å²) < 4.78 is 0.936. The van der Waals surface area contributed by atoms with Gasteiger partial charge < -0.3 is 10.4 Å². The molecule has 1 aliphatic heterocycles. The topological polar surface area (TPSA) is 35.5 Å². The predicted molar refractivity (Wildman–Crippen MR) is 102 cm³/mol. The molecule has 0 bridgehead atoms. The van der Waals surface area contributed by atoms with E-state index in [0.717, 1.165) is 42.6 Å². The maximum atomic E-state index is 10.3. The van der Waals surface area contributed by atoms with Crippen molar-refractivity contribution in [2.24, 2.45) is 0 Å². The SMILES string of the molecule is CCCCC[C@H](c1ccc(Br)cc1O)N1CCNCC1.Cl.Cl. The fourth-order valence-electron chi connectivity index (χ4n) is 2.91. The van der Waals surface area contributed by atoms with E-state index in [-0.39, 0.29) is 24.8 Å². The second kappa shape index (κ2) is 11.5. The standard InChI is InChI=1S/C16H25BrN2O.2ClH/c1-2-3-4-5-15(19-10-8-18-9-11-19)14-7-6-13(17)12-16(14)20;;/h6-7,12,15,18,20H,2-5,8-11H2,1H3;2*1H/t15-;;/m1../s1. The van der Waals surface area contributed by atoms with Gasteiger partial charge in [0.1, 0.15) is 5.75 Å². The maximum Gasteiger partial charge on any atom is 0.121 e. The van der Waals surface area contributed by atoms with Gasteiger partial charge in [0.05, 0.1) is 0 Å². The molecule has 0 spiro atoms. The Balaban J connectivity index is 0.00000220. The average molecular weight is 414 g/mol. The van der Waals surface area contributed by atoms with Gasteiger partial charge in [0.2, 0.25) is 0 Å². The first kappa shape index (κ1) is 22.0. The highest BCUT2D eigenvalue weighted by molar-refractivity contribution is 9.10. The molecule has 1 aromatic carbocycles. The second-order valence-corrected chi connectivity index (χ2v) is 6.42. The third kappa shape index (κ3) is 6.25. The number of aromatic hydroxyl groups is 1. The van der Waals surface area contributed by atoms with Crippen LogP contribution in [-0.4, -0.2) is 36.2 Å². The Kier molecular flexibility index (Phi) is 11.5. The second-order valence-electron chi connectivity index (χ2n) is 5.50. The molecule has 0 radical (unpaired) electrons. The lowest BCUT2D eigenvalue weighted by Crippen LogP contribution is -2.45. The minimum Gasteiger partial charge on any atom is -0.508 e. The van der Waals surface area contributed by atoms with Crippen LogP contribution in [0.3, 0.4) is 0 Å². The van der Waals surface area contributed by atoms with Gasteiger partial charge in [-0.2, -0.15) is 0 Å². The monoisotopic (exact) mass is 412 g/mol. The highest BCUT2D eigenvalue weighted by atomic mass is 79.9. The van der Waals surface area contributed by atoms with Crippen molar-refractivity contribution in [2.75, 3.05) is 26.2 Å². The third-order valence-corrected chi connectivity index (χ3v) is 4.52. The quantitative estimate of drug-likeness (QED) is 0.672. The number of piperazine rings is 1. The number of hydrogen-bond acceptors (Lipinski definition) is 3. The first-order chi connectivity index (χ1) is 9.72. The average Bonchev–Trinajstić information content (AvgIpc) is 2.46. The Morgan fingerprint density at radius 1 is 1.23 bits per heavy atom. The van der Waals surface area contributed by atoms with Crippen molar-refractivity contribution in [3.05, 3.63) is 28.2 Å². The molecular formula is C16H27BrCl2N2O. The molecule has 0 saturated carbocycles. The summed E-state index contributed by atoms with van der Waals surface area (Å²) in [6.45, 7) is 6.44. The van der Waals surface area contributed by atoms with Crippen LogP contribution in [0.4, 0.5) is 0 Å². The molecule has 1 aliphatic rings. The Hall–Kier alpha value is -0.000000000000000111. The molecule has 0 aromatic heterocycles. The first-order valence-electron chi connectivity index (χ1n) is 7.65. The molecular weight excluding hydrogens is 387 g/mol. The lowest BCUT2D eigenvalue weighted by atomic mass is 9.97. The maximum absolute atomic E-state index is 10.3. The number of nitrogens with zero attached hydrogens (tertiary/aromatic N) is 1. The van der Waals surface area contributed by atoms with Crippen molar-refractivity contribution >= 4 is 40.7 Å². The van der Waals surface area contributed by atoms with E-state index in [1.165, 1.54) is 19.3 Å². The zero-order valence-electron chi connectivity index (χ0n) is 13.1. The van der Waals surface area contributed by atoms with Gasteiger partial charge in [-0.15, -0.1) is 24.8 Å². The van der Waals surface area contributed by atoms with E-state index in [9.17, 15) is 5.11 Å². The predicted octanol–water partition coefficient (Wildman–Crippen LogP) is 4.52. The lowest BCUT2D eigenvalue weighted by molar-refractivity contribution is 0.160. The normalized spacial score (nSPS) is 16.5. The summed E-state index contributed by atoms with van der Waals surface area (Å²) in [6, 6.07) is 6.25. The molecule has 0 aliphatic carbocycles. The van der Waals surface area contributed by atoms with Gasteiger partial charge in [0.25, 0.3) is 0 Å². The summed E-state index contributed by atoms with van der Waals surface area (Å²) >= 11 is 3.42. The Morgan fingerprint density at radius 3 is 2.50 bits per heavy atom. The van der Waals surface area contributed by atoms with Crippen molar-refractivity contribution in [3.63, 3.8) is 0 Å². The Morgan fingerprint density at radius 2 is 1.91 bits per heavy atom. The number of phenolic OH excluding ortho intramolecular Hbond substituents is 1. The molecule has 2 rings (SSSR count). The molecule has 0 amide bonds. The van der Waals surface area contributed by atoms with Gasteiger partial charge in [0, 0.05) is 42.3 Å². The zero-order valence-corrected chi connectivity index (χ0v) is 16.3. The summed E-state index contributed by atoms with van der Waals surface area (Å²) in [5, 5.41) is 13.7. The lowest BCUT2D eigenvalue weighted by Gasteiger charge is -2.35. The summed E-state index contributed by atoms with van der Waals surface area (Å²) in [7, 11) is 0. The summed E-state index contributed by atoms with van der Waals surface area (Å²) in [5.74, 6) is 0.416. The van der Waals surface area contributed by atoms with Crippen molar-refractivity contribution in [1.29, 1.82) is 0 Å². The minimum atomic E-state index is 0. The van der Waals surface area contributed by atoms with Gasteiger partial charge in [0.15, 0.2) is 0 Å². The number of hydrogen-bond donors (Lipinski definition) is 2. The van der Waals surface area contributed by atoms with Crippen LogP contribution in [-0.2, 0) is 0 Å². The molecule has 128 valence electrons. The van der Waals surface area contributed by atoms with Gasteiger partial charge in [-0.05, 0) is 18.6 Å². The van der Waals surface area contributed by atoms with Crippen LogP contribution in [0.2, 0.25) is 0 Å². The molecule has 1 aromatic rings. The van der Waals surface area contributed by atoms with E-state index in [2.05, 4.69) is 39.1 Å². The number of nitrogens with one attached hydrogen (secondary N) is 1. The molecule has 1 atom stereocenters. The third-order valence-electron chi connectivity index (χ3n) is 4.02. The highest BCUT2D eigenvalue weighted by Crippen LogP contribution is 2.34. The van der Waals surface area contributed by atoms with E-state index in [4.69, 9.17) is 0 Å². The van der Waals surface area contributed by atoms with Gasteiger partial charge in [-0.25, -0.2) is 0 Å². The van der Waals surface area contributed by atoms with Crippen molar-refractivity contribution in [1.82, 2.24) is 10.2 Å². The molecule has 6 heteroatoms. The van der Waals surface area contributed by atoms with Crippen LogP contribution in [0.15, 0.2) is 22.7 Å². The fraction of sp³-hybridized carbons (Fsp3) is 0.625. The first-order valence-corrected chi connectivity index (χ1v) is 8.45. The number of rotatable bonds is 6. The van der Waals surface area contributed by atoms with E-state index < -0.39 is 0 Å².